The first kappa shape index (κ1) is 16.0. The Hall–Kier alpha value is -2.33. The molecule has 0 bridgehead atoms. The molecule has 0 aliphatic rings. The number of carbonyl (C=O) groups excluding carboxylic acids is 1. The summed E-state index contributed by atoms with van der Waals surface area (Å²) in [5.41, 5.74) is 2.52. The smallest absolute Gasteiger partial charge is 0.254 e. The minimum atomic E-state index is -0.390. The third-order valence-corrected chi connectivity index (χ3v) is 3.73. The third-order valence-electron chi connectivity index (χ3n) is 3.73. The zero-order valence-corrected chi connectivity index (χ0v) is 13.1. The molecule has 0 saturated heterocycles. The summed E-state index contributed by atoms with van der Waals surface area (Å²) >= 11 is 0. The van der Waals surface area contributed by atoms with Crippen LogP contribution in [0.15, 0.2) is 48.5 Å². The lowest BCUT2D eigenvalue weighted by atomic mass is 10.0. The van der Waals surface area contributed by atoms with Gasteiger partial charge in [0.2, 0.25) is 0 Å². The van der Waals surface area contributed by atoms with E-state index in [1.165, 1.54) is 0 Å². The van der Waals surface area contributed by atoms with E-state index in [1.54, 1.807) is 25.1 Å². The van der Waals surface area contributed by atoms with Crippen molar-refractivity contribution in [3.8, 4) is 5.75 Å². The van der Waals surface area contributed by atoms with Gasteiger partial charge in [0.15, 0.2) is 0 Å². The van der Waals surface area contributed by atoms with Gasteiger partial charge in [0.05, 0.1) is 19.8 Å². The van der Waals surface area contributed by atoms with Crippen molar-refractivity contribution in [2.45, 2.75) is 13.0 Å². The molecule has 0 saturated carbocycles. The first-order valence-corrected chi connectivity index (χ1v) is 7.15. The second-order valence-electron chi connectivity index (χ2n) is 5.26. The number of ether oxygens (including phenoxy) is 1. The summed E-state index contributed by atoms with van der Waals surface area (Å²) in [5.74, 6) is 0.631. The van der Waals surface area contributed by atoms with Crippen LogP contribution in [0.4, 0.5) is 0 Å². The van der Waals surface area contributed by atoms with Crippen LogP contribution < -0.4 is 4.74 Å². The number of carbonyl (C=O) groups is 1. The van der Waals surface area contributed by atoms with Crippen LogP contribution in [0, 0.1) is 6.92 Å². The maximum absolute atomic E-state index is 12.6. The standard InChI is InChI=1S/C18H21NO3/c1-13-5-4-6-15(11-13)18(21)19(2)17(12-20)14-7-9-16(22-3)10-8-14/h4-11,17,20H,12H2,1-3H3/t17-/m1/s1. The maximum atomic E-state index is 12.6. The van der Waals surface area contributed by atoms with Crippen molar-refractivity contribution in [2.24, 2.45) is 0 Å². The zero-order valence-electron chi connectivity index (χ0n) is 13.1. The first-order chi connectivity index (χ1) is 10.6. The molecule has 0 fully saturated rings. The van der Waals surface area contributed by atoms with Gasteiger partial charge in [0, 0.05) is 12.6 Å². The summed E-state index contributed by atoms with van der Waals surface area (Å²) in [7, 11) is 3.31. The minimum absolute atomic E-state index is 0.112. The maximum Gasteiger partial charge on any atom is 0.254 e. The average Bonchev–Trinajstić information content (AvgIpc) is 2.55. The minimum Gasteiger partial charge on any atom is -0.497 e. The number of benzene rings is 2. The summed E-state index contributed by atoms with van der Waals surface area (Å²) in [5, 5.41) is 9.70. The third kappa shape index (κ3) is 3.46. The molecule has 0 radical (unpaired) electrons. The lowest BCUT2D eigenvalue weighted by Gasteiger charge is -2.27. The summed E-state index contributed by atoms with van der Waals surface area (Å²) < 4.78 is 5.13. The van der Waals surface area contributed by atoms with Gasteiger partial charge < -0.3 is 14.7 Å². The highest BCUT2D eigenvalue weighted by Crippen LogP contribution is 2.23. The molecule has 0 heterocycles. The number of methoxy groups -OCH3 is 1. The topological polar surface area (TPSA) is 49.8 Å². The number of likely N-dealkylation sites (N-methyl/N-ethyl adjacent to an activating group) is 1. The Morgan fingerprint density at radius 1 is 1.23 bits per heavy atom. The van der Waals surface area contributed by atoms with E-state index in [2.05, 4.69) is 0 Å². The highest BCUT2D eigenvalue weighted by Gasteiger charge is 2.22. The first-order valence-electron chi connectivity index (χ1n) is 7.15. The molecular formula is C18H21NO3. The van der Waals surface area contributed by atoms with Gasteiger partial charge in [-0.05, 0) is 36.8 Å². The Morgan fingerprint density at radius 3 is 2.45 bits per heavy atom. The van der Waals surface area contributed by atoms with Gasteiger partial charge in [-0.2, -0.15) is 0 Å². The molecular weight excluding hydrogens is 278 g/mol. The van der Waals surface area contributed by atoms with Gasteiger partial charge >= 0.3 is 0 Å². The normalized spacial score (nSPS) is 11.8. The lowest BCUT2D eigenvalue weighted by molar-refractivity contribution is 0.0658. The fourth-order valence-corrected chi connectivity index (χ4v) is 2.40. The Balaban J connectivity index is 2.23. The van der Waals surface area contributed by atoms with E-state index in [9.17, 15) is 9.90 Å². The van der Waals surface area contributed by atoms with E-state index in [-0.39, 0.29) is 18.6 Å². The summed E-state index contributed by atoms with van der Waals surface area (Å²) in [6.07, 6.45) is 0. The van der Waals surface area contributed by atoms with E-state index in [0.29, 0.717) is 5.56 Å². The van der Waals surface area contributed by atoms with Gasteiger partial charge in [0.25, 0.3) is 5.91 Å². The van der Waals surface area contributed by atoms with Crippen LogP contribution >= 0.6 is 0 Å². The SMILES string of the molecule is COc1ccc([C@@H](CO)N(C)C(=O)c2cccc(C)c2)cc1. The summed E-state index contributed by atoms with van der Waals surface area (Å²) in [4.78, 5) is 14.1. The van der Waals surface area contributed by atoms with Crippen molar-refractivity contribution in [3.05, 3.63) is 65.2 Å². The van der Waals surface area contributed by atoms with Crippen LogP contribution in [0.2, 0.25) is 0 Å². The molecule has 1 amide bonds. The lowest BCUT2D eigenvalue weighted by Crippen LogP contribution is -2.33. The van der Waals surface area contributed by atoms with Crippen molar-refractivity contribution >= 4 is 5.91 Å². The molecule has 4 nitrogen and oxygen atoms in total. The van der Waals surface area contributed by atoms with Crippen LogP contribution in [0.1, 0.15) is 27.5 Å². The molecule has 22 heavy (non-hydrogen) atoms. The van der Waals surface area contributed by atoms with Gasteiger partial charge in [-0.1, -0.05) is 29.8 Å². The predicted molar refractivity (Wildman–Crippen MR) is 86.1 cm³/mol. The second-order valence-corrected chi connectivity index (χ2v) is 5.26. The number of aliphatic hydroxyl groups is 1. The molecule has 2 aromatic carbocycles. The molecule has 4 heteroatoms. The van der Waals surface area contributed by atoms with Gasteiger partial charge in [-0.25, -0.2) is 0 Å². The fraction of sp³-hybridized carbons (Fsp3) is 0.278. The van der Waals surface area contributed by atoms with E-state index in [1.807, 2.05) is 49.4 Å². The van der Waals surface area contributed by atoms with E-state index in [4.69, 9.17) is 4.74 Å². The van der Waals surface area contributed by atoms with Crippen molar-refractivity contribution in [1.82, 2.24) is 4.90 Å². The molecule has 0 aliphatic heterocycles. The van der Waals surface area contributed by atoms with Crippen LogP contribution in [0.3, 0.4) is 0 Å². The highest BCUT2D eigenvalue weighted by atomic mass is 16.5. The number of nitrogens with zero attached hydrogens (tertiary/aromatic N) is 1. The molecule has 0 spiro atoms. The van der Waals surface area contributed by atoms with Crippen molar-refractivity contribution in [2.75, 3.05) is 20.8 Å². The predicted octanol–water partition coefficient (Wildman–Crippen LogP) is 2.81. The Labute approximate surface area is 131 Å². The Bertz CT molecular complexity index is 637. The summed E-state index contributed by atoms with van der Waals surface area (Å²) in [6, 6.07) is 14.4. The number of hydrogen-bond donors (Lipinski definition) is 1. The van der Waals surface area contributed by atoms with Gasteiger partial charge in [0.1, 0.15) is 5.75 Å². The number of aliphatic hydroxyl groups excluding tert-OH is 1. The van der Waals surface area contributed by atoms with Crippen LogP contribution in [-0.2, 0) is 0 Å². The van der Waals surface area contributed by atoms with Gasteiger partial charge in [-0.15, -0.1) is 0 Å². The van der Waals surface area contributed by atoms with Crippen molar-refractivity contribution < 1.29 is 14.6 Å². The van der Waals surface area contributed by atoms with E-state index >= 15 is 0 Å². The molecule has 0 aliphatic carbocycles. The largest absolute Gasteiger partial charge is 0.497 e. The molecule has 2 aromatic rings. The fourth-order valence-electron chi connectivity index (χ4n) is 2.40. The summed E-state index contributed by atoms with van der Waals surface area (Å²) in [6.45, 7) is 1.81. The number of hydrogen-bond acceptors (Lipinski definition) is 3. The van der Waals surface area contributed by atoms with Crippen LogP contribution in [0.5, 0.6) is 5.75 Å². The Kier molecular flexibility index (Phi) is 5.17. The quantitative estimate of drug-likeness (QED) is 0.923. The highest BCUT2D eigenvalue weighted by molar-refractivity contribution is 5.94. The Morgan fingerprint density at radius 2 is 1.91 bits per heavy atom. The molecule has 116 valence electrons. The number of rotatable bonds is 5. The molecule has 0 unspecified atom stereocenters. The monoisotopic (exact) mass is 299 g/mol. The molecule has 2 rings (SSSR count). The average molecular weight is 299 g/mol. The molecule has 0 aromatic heterocycles. The zero-order chi connectivity index (χ0) is 16.1. The van der Waals surface area contributed by atoms with Crippen molar-refractivity contribution in [1.29, 1.82) is 0 Å². The van der Waals surface area contributed by atoms with Gasteiger partial charge in [-0.3, -0.25) is 4.79 Å². The van der Waals surface area contributed by atoms with E-state index < -0.39 is 0 Å². The molecule has 1 atom stereocenters. The molecule has 1 N–H and O–H groups in total. The number of aryl methyl sites for hydroxylation is 1. The van der Waals surface area contributed by atoms with E-state index in [0.717, 1.165) is 16.9 Å². The van der Waals surface area contributed by atoms with Crippen LogP contribution in [-0.4, -0.2) is 36.7 Å². The number of amides is 1. The van der Waals surface area contributed by atoms with Crippen LogP contribution in [0.25, 0.3) is 0 Å². The second kappa shape index (κ2) is 7.09. The van der Waals surface area contributed by atoms with Crippen molar-refractivity contribution in [3.63, 3.8) is 0 Å².